The van der Waals surface area contributed by atoms with Crippen LogP contribution in [0.25, 0.3) is 0 Å². The molecule has 1 fully saturated rings. The van der Waals surface area contributed by atoms with E-state index >= 15 is 0 Å². The quantitative estimate of drug-likeness (QED) is 0.916. The Morgan fingerprint density at radius 1 is 1.15 bits per heavy atom. The molecule has 0 aromatic heterocycles. The number of rotatable bonds is 3. The highest BCUT2D eigenvalue weighted by Gasteiger charge is 2.40. The highest BCUT2D eigenvalue weighted by atomic mass is 79.9. The zero-order valence-electron chi connectivity index (χ0n) is 12.8. The van der Waals surface area contributed by atoms with Crippen molar-refractivity contribution in [2.24, 2.45) is 5.73 Å². The van der Waals surface area contributed by atoms with E-state index in [1.165, 1.54) is 5.56 Å². The first-order valence-corrected chi connectivity index (χ1v) is 7.91. The van der Waals surface area contributed by atoms with Gasteiger partial charge >= 0.3 is 0 Å². The van der Waals surface area contributed by atoms with Crippen molar-refractivity contribution < 1.29 is 4.74 Å². The van der Waals surface area contributed by atoms with Gasteiger partial charge in [-0.05, 0) is 45.4 Å². The van der Waals surface area contributed by atoms with Crippen LogP contribution in [-0.4, -0.2) is 35.7 Å². The molecule has 0 radical (unpaired) electrons. The smallest absolute Gasteiger partial charge is 0.0761 e. The Bertz CT molecular complexity index is 440. The number of nitrogens with zero attached hydrogens (tertiary/aromatic N) is 1. The third-order valence-corrected chi connectivity index (χ3v) is 4.17. The maximum atomic E-state index is 6.15. The average molecular weight is 341 g/mol. The average Bonchev–Trinajstić information content (AvgIpc) is 2.28. The van der Waals surface area contributed by atoms with Crippen molar-refractivity contribution in [3.63, 3.8) is 0 Å². The molecular formula is C16H25BrN2O. The molecule has 2 rings (SSSR count). The van der Waals surface area contributed by atoms with E-state index in [2.05, 4.69) is 72.8 Å². The highest BCUT2D eigenvalue weighted by Crippen LogP contribution is 2.33. The molecule has 1 aliphatic heterocycles. The standard InChI is InChI=1S/C16H25BrN2O/c1-15(2)10-19(11-16(3,4)20-15)14(9-18)12-5-7-13(17)8-6-12/h5-8,14H,9-11,18H2,1-4H3. The van der Waals surface area contributed by atoms with Crippen LogP contribution in [0.2, 0.25) is 0 Å². The predicted molar refractivity (Wildman–Crippen MR) is 86.8 cm³/mol. The van der Waals surface area contributed by atoms with Gasteiger partial charge in [-0.1, -0.05) is 28.1 Å². The minimum Gasteiger partial charge on any atom is -0.367 e. The summed E-state index contributed by atoms with van der Waals surface area (Å²) >= 11 is 3.48. The highest BCUT2D eigenvalue weighted by molar-refractivity contribution is 9.10. The zero-order chi connectivity index (χ0) is 15.0. The molecule has 1 aliphatic rings. The number of benzene rings is 1. The van der Waals surface area contributed by atoms with Gasteiger partial charge in [-0.15, -0.1) is 0 Å². The molecule has 20 heavy (non-hydrogen) atoms. The molecule has 1 aromatic rings. The Kier molecular flexibility index (Phi) is 4.59. The molecule has 1 atom stereocenters. The summed E-state index contributed by atoms with van der Waals surface area (Å²) in [7, 11) is 0. The van der Waals surface area contributed by atoms with E-state index < -0.39 is 0 Å². The molecule has 1 unspecified atom stereocenters. The lowest BCUT2D eigenvalue weighted by Gasteiger charge is -2.49. The van der Waals surface area contributed by atoms with E-state index in [1.54, 1.807) is 0 Å². The van der Waals surface area contributed by atoms with Crippen molar-refractivity contribution in [1.29, 1.82) is 0 Å². The van der Waals surface area contributed by atoms with Crippen LogP contribution in [0.15, 0.2) is 28.7 Å². The van der Waals surface area contributed by atoms with E-state index in [-0.39, 0.29) is 17.2 Å². The first kappa shape index (κ1) is 16.0. The molecule has 0 bridgehead atoms. The first-order valence-electron chi connectivity index (χ1n) is 7.12. The molecular weight excluding hydrogens is 316 g/mol. The Morgan fingerprint density at radius 2 is 1.65 bits per heavy atom. The number of ether oxygens (including phenoxy) is 1. The van der Waals surface area contributed by atoms with Crippen molar-refractivity contribution in [3.8, 4) is 0 Å². The Morgan fingerprint density at radius 3 is 2.10 bits per heavy atom. The summed E-state index contributed by atoms with van der Waals surface area (Å²) in [6.07, 6.45) is 0. The Hall–Kier alpha value is -0.420. The lowest BCUT2D eigenvalue weighted by Crippen LogP contribution is -2.58. The molecule has 2 N–H and O–H groups in total. The van der Waals surface area contributed by atoms with Crippen molar-refractivity contribution in [2.45, 2.75) is 44.9 Å². The van der Waals surface area contributed by atoms with E-state index in [9.17, 15) is 0 Å². The van der Waals surface area contributed by atoms with Crippen LogP contribution in [-0.2, 0) is 4.74 Å². The second kappa shape index (κ2) is 5.76. The summed E-state index contributed by atoms with van der Waals surface area (Å²) in [5.74, 6) is 0. The van der Waals surface area contributed by atoms with Crippen LogP contribution in [0.3, 0.4) is 0 Å². The number of morpholine rings is 1. The van der Waals surface area contributed by atoms with E-state index in [0.717, 1.165) is 17.6 Å². The number of hydrogen-bond acceptors (Lipinski definition) is 3. The zero-order valence-corrected chi connectivity index (χ0v) is 14.4. The fraction of sp³-hybridized carbons (Fsp3) is 0.625. The lowest BCUT2D eigenvalue weighted by atomic mass is 9.95. The molecule has 112 valence electrons. The van der Waals surface area contributed by atoms with Crippen LogP contribution >= 0.6 is 15.9 Å². The monoisotopic (exact) mass is 340 g/mol. The van der Waals surface area contributed by atoms with Gasteiger partial charge in [0.25, 0.3) is 0 Å². The van der Waals surface area contributed by atoms with Crippen molar-refractivity contribution in [3.05, 3.63) is 34.3 Å². The van der Waals surface area contributed by atoms with Gasteiger partial charge < -0.3 is 10.5 Å². The number of halogens is 1. The van der Waals surface area contributed by atoms with Crippen molar-refractivity contribution in [1.82, 2.24) is 4.90 Å². The van der Waals surface area contributed by atoms with E-state index in [4.69, 9.17) is 10.5 Å². The van der Waals surface area contributed by atoms with E-state index in [1.807, 2.05) is 0 Å². The second-order valence-corrected chi connectivity index (χ2v) is 7.75. The van der Waals surface area contributed by atoms with Gasteiger partial charge in [0.15, 0.2) is 0 Å². The van der Waals surface area contributed by atoms with Gasteiger partial charge in [-0.25, -0.2) is 0 Å². The maximum Gasteiger partial charge on any atom is 0.0761 e. The minimum atomic E-state index is -0.148. The van der Waals surface area contributed by atoms with Crippen LogP contribution in [0, 0.1) is 0 Å². The first-order chi connectivity index (χ1) is 9.22. The molecule has 0 amide bonds. The normalized spacial score (nSPS) is 23.5. The van der Waals surface area contributed by atoms with Crippen molar-refractivity contribution >= 4 is 15.9 Å². The minimum absolute atomic E-state index is 0.148. The number of hydrogen-bond donors (Lipinski definition) is 1. The molecule has 1 aromatic carbocycles. The van der Waals surface area contributed by atoms with Gasteiger partial charge in [-0.3, -0.25) is 4.90 Å². The summed E-state index contributed by atoms with van der Waals surface area (Å²) in [5, 5.41) is 0. The lowest BCUT2D eigenvalue weighted by molar-refractivity contribution is -0.187. The summed E-state index contributed by atoms with van der Waals surface area (Å²) < 4.78 is 7.25. The maximum absolute atomic E-state index is 6.15. The SMILES string of the molecule is CC1(C)CN(C(CN)c2ccc(Br)cc2)CC(C)(C)O1. The molecule has 0 aliphatic carbocycles. The van der Waals surface area contributed by atoms with Gasteiger partial charge in [0.05, 0.1) is 11.2 Å². The van der Waals surface area contributed by atoms with Gasteiger partial charge in [0.1, 0.15) is 0 Å². The van der Waals surface area contributed by atoms with Crippen LogP contribution in [0.5, 0.6) is 0 Å². The summed E-state index contributed by atoms with van der Waals surface area (Å²) in [4.78, 5) is 2.45. The fourth-order valence-corrected chi connectivity index (χ4v) is 3.51. The second-order valence-electron chi connectivity index (χ2n) is 6.83. The van der Waals surface area contributed by atoms with E-state index in [0.29, 0.717) is 6.54 Å². The molecule has 4 heteroatoms. The molecule has 0 spiro atoms. The van der Waals surface area contributed by atoms with Crippen LogP contribution < -0.4 is 5.73 Å². The topological polar surface area (TPSA) is 38.5 Å². The van der Waals surface area contributed by atoms with Crippen molar-refractivity contribution in [2.75, 3.05) is 19.6 Å². The molecule has 0 saturated carbocycles. The summed E-state index contributed by atoms with van der Waals surface area (Å²) in [5.41, 5.74) is 7.03. The largest absolute Gasteiger partial charge is 0.367 e. The summed E-state index contributed by atoms with van der Waals surface area (Å²) in [6, 6.07) is 8.70. The Balaban J connectivity index is 2.24. The van der Waals surface area contributed by atoms with Gasteiger partial charge in [0.2, 0.25) is 0 Å². The molecule has 1 saturated heterocycles. The molecule has 3 nitrogen and oxygen atoms in total. The Labute approximate surface area is 130 Å². The molecule has 1 heterocycles. The van der Waals surface area contributed by atoms with Crippen LogP contribution in [0.1, 0.15) is 39.3 Å². The third-order valence-electron chi connectivity index (χ3n) is 3.64. The predicted octanol–water partition coefficient (Wildman–Crippen LogP) is 3.34. The fourth-order valence-electron chi connectivity index (χ4n) is 3.25. The summed E-state index contributed by atoms with van der Waals surface area (Å²) in [6.45, 7) is 11.0. The number of nitrogens with two attached hydrogens (primary N) is 1. The van der Waals surface area contributed by atoms with Crippen LogP contribution in [0.4, 0.5) is 0 Å². The third kappa shape index (κ3) is 3.82. The van der Waals surface area contributed by atoms with Gasteiger partial charge in [-0.2, -0.15) is 0 Å². The van der Waals surface area contributed by atoms with Gasteiger partial charge in [0, 0.05) is 30.1 Å².